The van der Waals surface area contributed by atoms with Gasteiger partial charge in [0.25, 0.3) is 0 Å². The molecule has 0 bridgehead atoms. The summed E-state index contributed by atoms with van der Waals surface area (Å²) in [4.78, 5) is 10.0. The molecule has 0 amide bonds. The van der Waals surface area contributed by atoms with Crippen LogP contribution in [0.25, 0.3) is 5.69 Å². The molecule has 0 saturated carbocycles. The minimum absolute atomic E-state index is 0.0783. The molecule has 0 aliphatic rings. The minimum atomic E-state index is -0.512. The minimum Gasteiger partial charge on any atom is -0.258 e. The number of benzene rings is 1. The maximum absolute atomic E-state index is 10.5. The highest BCUT2D eigenvalue weighted by Gasteiger charge is 2.10. The number of rotatable bonds is 2. The largest absolute Gasteiger partial charge is 0.307 e. The topological polar surface area (TPSA) is 84.8 Å². The Kier molecular flexibility index (Phi) is 2.89. The van der Waals surface area contributed by atoms with Gasteiger partial charge in [-0.25, -0.2) is 4.68 Å². The molecule has 0 radical (unpaired) electrons. The van der Waals surface area contributed by atoms with Crippen molar-refractivity contribution in [3.05, 3.63) is 50.7 Å². The van der Waals surface area contributed by atoms with Gasteiger partial charge in [-0.15, -0.1) is 0 Å². The lowest BCUT2D eigenvalue weighted by atomic mass is 10.2. The molecule has 1 aromatic carbocycles. The summed E-state index contributed by atoms with van der Waals surface area (Å²) >= 11 is 3.24. The van der Waals surface area contributed by atoms with Gasteiger partial charge in [-0.3, -0.25) is 10.1 Å². The zero-order valence-corrected chi connectivity index (χ0v) is 9.96. The lowest BCUT2D eigenvalue weighted by Gasteiger charge is -2.01. The van der Waals surface area contributed by atoms with Crippen molar-refractivity contribution in [1.29, 1.82) is 5.26 Å². The first kappa shape index (κ1) is 11.3. The van der Waals surface area contributed by atoms with Crippen molar-refractivity contribution in [2.24, 2.45) is 0 Å². The van der Waals surface area contributed by atoms with Crippen LogP contribution in [0.15, 0.2) is 35.1 Å². The van der Waals surface area contributed by atoms with Gasteiger partial charge in [0.2, 0.25) is 0 Å². The molecule has 1 aromatic heterocycles. The Morgan fingerprint density at radius 2 is 2.29 bits per heavy atom. The standard InChI is InChI=1S/C10H5BrN4O2/c11-10-3-8(2-1-7(10)4-12)14-6-9(5-13-14)15(16)17/h1-3,5-6H. The maximum Gasteiger partial charge on any atom is 0.307 e. The second kappa shape index (κ2) is 4.35. The molecule has 7 heteroatoms. The first-order valence-electron chi connectivity index (χ1n) is 4.51. The van der Waals surface area contributed by atoms with E-state index in [2.05, 4.69) is 21.0 Å². The number of hydrogen-bond acceptors (Lipinski definition) is 4. The molecule has 84 valence electrons. The molecule has 1 heterocycles. The highest BCUT2D eigenvalue weighted by molar-refractivity contribution is 9.10. The van der Waals surface area contributed by atoms with Crippen LogP contribution in [0.3, 0.4) is 0 Å². The predicted molar refractivity (Wildman–Crippen MR) is 62.6 cm³/mol. The highest BCUT2D eigenvalue weighted by Crippen LogP contribution is 2.21. The number of halogens is 1. The fourth-order valence-corrected chi connectivity index (χ4v) is 1.74. The smallest absolute Gasteiger partial charge is 0.258 e. The van der Waals surface area contributed by atoms with Gasteiger partial charge in [-0.2, -0.15) is 10.4 Å². The summed E-state index contributed by atoms with van der Waals surface area (Å²) in [6.07, 6.45) is 2.49. The third kappa shape index (κ3) is 2.16. The van der Waals surface area contributed by atoms with Gasteiger partial charge in [-0.1, -0.05) is 0 Å². The molecule has 0 spiro atoms. The molecule has 17 heavy (non-hydrogen) atoms. The monoisotopic (exact) mass is 292 g/mol. The first-order valence-corrected chi connectivity index (χ1v) is 5.30. The average Bonchev–Trinajstić information content (AvgIpc) is 2.78. The van der Waals surface area contributed by atoms with Gasteiger partial charge in [0.05, 0.1) is 16.2 Å². The summed E-state index contributed by atoms with van der Waals surface area (Å²) in [6, 6.07) is 6.97. The van der Waals surface area contributed by atoms with E-state index in [1.807, 2.05) is 6.07 Å². The Hall–Kier alpha value is -2.20. The molecule has 0 N–H and O–H groups in total. The molecular weight excluding hydrogens is 288 g/mol. The van der Waals surface area contributed by atoms with Crippen LogP contribution in [0.4, 0.5) is 5.69 Å². The van der Waals surface area contributed by atoms with E-state index in [-0.39, 0.29) is 5.69 Å². The summed E-state index contributed by atoms with van der Waals surface area (Å²) in [7, 11) is 0. The van der Waals surface area contributed by atoms with Crippen LogP contribution < -0.4 is 0 Å². The molecule has 0 fully saturated rings. The maximum atomic E-state index is 10.5. The first-order chi connectivity index (χ1) is 8.11. The fraction of sp³-hybridized carbons (Fsp3) is 0. The van der Waals surface area contributed by atoms with Crippen LogP contribution in [-0.4, -0.2) is 14.7 Å². The molecule has 2 rings (SSSR count). The van der Waals surface area contributed by atoms with E-state index in [4.69, 9.17) is 5.26 Å². The second-order valence-corrected chi connectivity index (χ2v) is 4.03. The van der Waals surface area contributed by atoms with Crippen molar-refractivity contribution in [2.45, 2.75) is 0 Å². The van der Waals surface area contributed by atoms with E-state index in [1.165, 1.54) is 17.1 Å². The second-order valence-electron chi connectivity index (χ2n) is 3.18. The van der Waals surface area contributed by atoms with Crippen molar-refractivity contribution < 1.29 is 4.92 Å². The van der Waals surface area contributed by atoms with Gasteiger partial charge < -0.3 is 0 Å². The summed E-state index contributed by atoms with van der Waals surface area (Å²) in [5, 5.41) is 23.2. The van der Waals surface area contributed by atoms with E-state index < -0.39 is 4.92 Å². The molecule has 0 saturated heterocycles. The van der Waals surface area contributed by atoms with Crippen molar-refractivity contribution in [3.8, 4) is 11.8 Å². The van der Waals surface area contributed by atoms with Gasteiger partial charge in [0, 0.05) is 4.47 Å². The predicted octanol–water partition coefficient (Wildman–Crippen LogP) is 2.41. The molecule has 0 aliphatic carbocycles. The SMILES string of the molecule is N#Cc1ccc(-n2cc([N+](=O)[O-])cn2)cc1Br. The Morgan fingerprint density at radius 1 is 1.53 bits per heavy atom. The number of nitro groups is 1. The van der Waals surface area contributed by atoms with Crippen LogP contribution in [0.1, 0.15) is 5.56 Å². The molecule has 6 nitrogen and oxygen atoms in total. The number of hydrogen-bond donors (Lipinski definition) is 0. The quantitative estimate of drug-likeness (QED) is 0.628. The van der Waals surface area contributed by atoms with Crippen molar-refractivity contribution >= 4 is 21.6 Å². The van der Waals surface area contributed by atoms with Crippen LogP contribution in [-0.2, 0) is 0 Å². The summed E-state index contributed by atoms with van der Waals surface area (Å²) < 4.78 is 2.00. The molecule has 0 aliphatic heterocycles. The van der Waals surface area contributed by atoms with Crippen LogP contribution in [0.2, 0.25) is 0 Å². The zero-order chi connectivity index (χ0) is 12.4. The van der Waals surface area contributed by atoms with Crippen LogP contribution >= 0.6 is 15.9 Å². The van der Waals surface area contributed by atoms with Crippen LogP contribution in [0.5, 0.6) is 0 Å². The summed E-state index contributed by atoms with van der Waals surface area (Å²) in [5.41, 5.74) is 1.06. The van der Waals surface area contributed by atoms with E-state index in [0.29, 0.717) is 15.7 Å². The van der Waals surface area contributed by atoms with Gasteiger partial charge in [0.1, 0.15) is 18.5 Å². The lowest BCUT2D eigenvalue weighted by Crippen LogP contribution is -1.94. The Morgan fingerprint density at radius 3 is 2.82 bits per heavy atom. The summed E-state index contributed by atoms with van der Waals surface area (Å²) in [5.74, 6) is 0. The number of nitrogens with zero attached hydrogens (tertiary/aromatic N) is 4. The Bertz CT molecular complexity index is 629. The Balaban J connectivity index is 2.43. The van der Waals surface area contributed by atoms with E-state index in [9.17, 15) is 10.1 Å². The molecular formula is C10H5BrN4O2. The molecule has 0 unspecified atom stereocenters. The van der Waals surface area contributed by atoms with E-state index in [1.54, 1.807) is 18.2 Å². The third-order valence-corrected chi connectivity index (χ3v) is 2.77. The number of aromatic nitrogens is 2. The summed E-state index contributed by atoms with van der Waals surface area (Å²) in [6.45, 7) is 0. The zero-order valence-electron chi connectivity index (χ0n) is 8.37. The third-order valence-electron chi connectivity index (χ3n) is 2.12. The normalized spacial score (nSPS) is 9.88. The van der Waals surface area contributed by atoms with Gasteiger partial charge >= 0.3 is 5.69 Å². The Labute approximate surface area is 104 Å². The van der Waals surface area contributed by atoms with Crippen molar-refractivity contribution in [2.75, 3.05) is 0 Å². The van der Waals surface area contributed by atoms with Crippen LogP contribution in [0, 0.1) is 21.4 Å². The van der Waals surface area contributed by atoms with Crippen molar-refractivity contribution in [1.82, 2.24) is 9.78 Å². The van der Waals surface area contributed by atoms with Gasteiger partial charge in [-0.05, 0) is 34.1 Å². The lowest BCUT2D eigenvalue weighted by molar-refractivity contribution is -0.384. The molecule has 2 aromatic rings. The van der Waals surface area contributed by atoms with Gasteiger partial charge in [0.15, 0.2) is 0 Å². The van der Waals surface area contributed by atoms with E-state index in [0.717, 1.165) is 0 Å². The fourth-order valence-electron chi connectivity index (χ4n) is 1.29. The molecule has 0 atom stereocenters. The average molecular weight is 293 g/mol. The number of nitriles is 1. The van der Waals surface area contributed by atoms with Crippen molar-refractivity contribution in [3.63, 3.8) is 0 Å². The highest BCUT2D eigenvalue weighted by atomic mass is 79.9. The van der Waals surface area contributed by atoms with E-state index >= 15 is 0 Å².